The van der Waals surface area contributed by atoms with Gasteiger partial charge in [-0.3, -0.25) is 0 Å². The lowest BCUT2D eigenvalue weighted by Gasteiger charge is -2.15. The smallest absolute Gasteiger partial charge is 0.107 e. The summed E-state index contributed by atoms with van der Waals surface area (Å²) < 4.78 is 0. The van der Waals surface area contributed by atoms with Gasteiger partial charge in [-0.05, 0) is 33.4 Å². The highest BCUT2D eigenvalue weighted by Crippen LogP contribution is 2.31. The van der Waals surface area contributed by atoms with E-state index in [0.717, 1.165) is 18.7 Å². The summed E-state index contributed by atoms with van der Waals surface area (Å²) in [5, 5.41) is 1.21. The van der Waals surface area contributed by atoms with Crippen molar-refractivity contribution in [2.24, 2.45) is 5.73 Å². The summed E-state index contributed by atoms with van der Waals surface area (Å²) in [4.78, 5) is 8.19. The highest BCUT2D eigenvalue weighted by atomic mass is 32.1. The average molecular weight is 211 g/mol. The maximum atomic E-state index is 6.02. The van der Waals surface area contributed by atoms with Crippen LogP contribution >= 0.6 is 11.3 Å². The lowest BCUT2D eigenvalue weighted by Crippen LogP contribution is -2.17. The number of rotatable bonds is 2. The Morgan fingerprint density at radius 2 is 2.36 bits per heavy atom. The van der Waals surface area contributed by atoms with Crippen molar-refractivity contribution in [1.29, 1.82) is 0 Å². The zero-order valence-electron chi connectivity index (χ0n) is 8.79. The Labute approximate surface area is 88.9 Å². The molecule has 78 valence electrons. The van der Waals surface area contributed by atoms with Crippen LogP contribution in [-0.4, -0.2) is 24.0 Å². The van der Waals surface area contributed by atoms with Crippen molar-refractivity contribution in [3.8, 4) is 0 Å². The van der Waals surface area contributed by atoms with Crippen LogP contribution in [0.4, 0.5) is 0 Å². The number of nitrogens with two attached hydrogens (primary N) is 1. The van der Waals surface area contributed by atoms with Crippen molar-refractivity contribution in [2.75, 3.05) is 14.1 Å². The number of aryl methyl sites for hydroxylation is 1. The first kappa shape index (κ1) is 10.1. The first-order valence-corrected chi connectivity index (χ1v) is 5.87. The largest absolute Gasteiger partial charge is 0.323 e. The van der Waals surface area contributed by atoms with Crippen molar-refractivity contribution in [3.63, 3.8) is 0 Å². The molecular weight excluding hydrogens is 194 g/mol. The van der Waals surface area contributed by atoms with Crippen molar-refractivity contribution < 1.29 is 0 Å². The maximum Gasteiger partial charge on any atom is 0.107 e. The fourth-order valence-corrected chi connectivity index (χ4v) is 3.14. The minimum absolute atomic E-state index is 0.186. The number of thiazole rings is 1. The van der Waals surface area contributed by atoms with E-state index in [4.69, 9.17) is 5.73 Å². The normalized spacial score (nSPS) is 21.3. The summed E-state index contributed by atoms with van der Waals surface area (Å²) in [6.07, 6.45) is 3.49. The molecule has 0 saturated heterocycles. The molecule has 1 heterocycles. The highest BCUT2D eigenvalue weighted by Gasteiger charge is 2.21. The van der Waals surface area contributed by atoms with E-state index in [9.17, 15) is 0 Å². The molecule has 0 spiro atoms. The van der Waals surface area contributed by atoms with Crippen LogP contribution in [0.3, 0.4) is 0 Å². The van der Waals surface area contributed by atoms with Gasteiger partial charge < -0.3 is 10.6 Å². The second kappa shape index (κ2) is 3.96. The van der Waals surface area contributed by atoms with Gasteiger partial charge in [-0.25, -0.2) is 4.98 Å². The summed E-state index contributed by atoms with van der Waals surface area (Å²) >= 11 is 1.83. The molecule has 0 bridgehead atoms. The second-order valence-electron chi connectivity index (χ2n) is 4.15. The minimum Gasteiger partial charge on any atom is -0.323 e. The zero-order chi connectivity index (χ0) is 10.1. The quantitative estimate of drug-likeness (QED) is 0.807. The topological polar surface area (TPSA) is 42.2 Å². The Bertz CT molecular complexity index is 319. The Balaban J connectivity index is 2.21. The molecule has 0 saturated carbocycles. The highest BCUT2D eigenvalue weighted by molar-refractivity contribution is 7.11. The molecule has 1 aliphatic carbocycles. The van der Waals surface area contributed by atoms with E-state index in [2.05, 4.69) is 24.0 Å². The summed E-state index contributed by atoms with van der Waals surface area (Å²) in [6.45, 7) is 0.935. The Morgan fingerprint density at radius 1 is 1.57 bits per heavy atom. The van der Waals surface area contributed by atoms with Gasteiger partial charge in [0.2, 0.25) is 0 Å². The van der Waals surface area contributed by atoms with Gasteiger partial charge in [0.1, 0.15) is 5.01 Å². The van der Waals surface area contributed by atoms with Gasteiger partial charge in [0.15, 0.2) is 0 Å². The molecule has 0 fully saturated rings. The predicted molar refractivity (Wildman–Crippen MR) is 59.4 cm³/mol. The number of hydrogen-bond acceptors (Lipinski definition) is 4. The number of hydrogen-bond donors (Lipinski definition) is 1. The van der Waals surface area contributed by atoms with E-state index in [1.54, 1.807) is 0 Å². The summed E-state index contributed by atoms with van der Waals surface area (Å²) in [5.41, 5.74) is 7.19. The van der Waals surface area contributed by atoms with Gasteiger partial charge in [-0.15, -0.1) is 11.3 Å². The third kappa shape index (κ3) is 1.97. The molecule has 1 aromatic rings. The predicted octanol–water partition coefficient (Wildman–Crippen LogP) is 1.54. The molecule has 1 aromatic heterocycles. The minimum atomic E-state index is 0.186. The van der Waals surface area contributed by atoms with Crippen LogP contribution in [-0.2, 0) is 13.0 Å². The van der Waals surface area contributed by atoms with Crippen molar-refractivity contribution in [1.82, 2.24) is 9.88 Å². The standard InChI is InChI=1S/C10H17N3S/c1-13(2)6-9-12-10-7(11)4-3-5-8(10)14-9/h7H,3-6,11H2,1-2H3. The molecule has 1 aliphatic rings. The fraction of sp³-hybridized carbons (Fsp3) is 0.700. The van der Waals surface area contributed by atoms with E-state index in [1.165, 1.54) is 22.7 Å². The van der Waals surface area contributed by atoms with Crippen LogP contribution < -0.4 is 5.73 Å². The van der Waals surface area contributed by atoms with Crippen LogP contribution in [0, 0.1) is 0 Å². The number of aromatic nitrogens is 1. The summed E-state index contributed by atoms with van der Waals surface area (Å²) in [5.74, 6) is 0. The van der Waals surface area contributed by atoms with Gasteiger partial charge in [0, 0.05) is 17.5 Å². The molecule has 0 amide bonds. The van der Waals surface area contributed by atoms with Crippen LogP contribution in [0.5, 0.6) is 0 Å². The zero-order valence-corrected chi connectivity index (χ0v) is 9.60. The first-order chi connectivity index (χ1) is 6.66. The monoisotopic (exact) mass is 211 g/mol. The van der Waals surface area contributed by atoms with E-state index in [0.29, 0.717) is 0 Å². The molecule has 14 heavy (non-hydrogen) atoms. The van der Waals surface area contributed by atoms with E-state index in [1.807, 2.05) is 11.3 Å². The van der Waals surface area contributed by atoms with Gasteiger partial charge in [0.05, 0.1) is 5.69 Å². The molecule has 1 unspecified atom stereocenters. The number of fused-ring (bicyclic) bond motifs is 1. The van der Waals surface area contributed by atoms with Crippen LogP contribution in [0.25, 0.3) is 0 Å². The summed E-state index contributed by atoms with van der Waals surface area (Å²) in [7, 11) is 4.14. The fourth-order valence-electron chi connectivity index (χ4n) is 1.84. The van der Waals surface area contributed by atoms with Crippen LogP contribution in [0.15, 0.2) is 0 Å². The van der Waals surface area contributed by atoms with Gasteiger partial charge >= 0.3 is 0 Å². The van der Waals surface area contributed by atoms with E-state index >= 15 is 0 Å². The van der Waals surface area contributed by atoms with Crippen molar-refractivity contribution in [2.45, 2.75) is 31.8 Å². The Morgan fingerprint density at radius 3 is 3.00 bits per heavy atom. The second-order valence-corrected chi connectivity index (χ2v) is 5.32. The molecule has 2 rings (SSSR count). The first-order valence-electron chi connectivity index (χ1n) is 5.05. The molecular formula is C10H17N3S. The SMILES string of the molecule is CN(C)Cc1nc2c(s1)CCCC2N. The summed E-state index contributed by atoms with van der Waals surface area (Å²) in [6, 6.07) is 0.186. The van der Waals surface area contributed by atoms with E-state index < -0.39 is 0 Å². The third-order valence-electron chi connectivity index (χ3n) is 2.49. The maximum absolute atomic E-state index is 6.02. The lowest BCUT2D eigenvalue weighted by molar-refractivity contribution is 0.400. The molecule has 0 aliphatic heterocycles. The molecule has 3 nitrogen and oxygen atoms in total. The average Bonchev–Trinajstić information content (AvgIpc) is 2.47. The van der Waals surface area contributed by atoms with Crippen molar-refractivity contribution >= 4 is 11.3 Å². The molecule has 4 heteroatoms. The van der Waals surface area contributed by atoms with Gasteiger partial charge in [-0.1, -0.05) is 0 Å². The van der Waals surface area contributed by atoms with Crippen molar-refractivity contribution in [3.05, 3.63) is 15.6 Å². The van der Waals surface area contributed by atoms with Crippen LogP contribution in [0.1, 0.15) is 34.5 Å². The molecule has 2 N–H and O–H groups in total. The lowest BCUT2D eigenvalue weighted by atomic mass is 9.99. The third-order valence-corrected chi connectivity index (χ3v) is 3.61. The van der Waals surface area contributed by atoms with Crippen LogP contribution in [0.2, 0.25) is 0 Å². The Kier molecular flexibility index (Phi) is 2.85. The Hall–Kier alpha value is -0.450. The number of nitrogens with zero attached hydrogens (tertiary/aromatic N) is 2. The van der Waals surface area contributed by atoms with Gasteiger partial charge in [-0.2, -0.15) is 0 Å². The van der Waals surface area contributed by atoms with Gasteiger partial charge in [0.25, 0.3) is 0 Å². The van der Waals surface area contributed by atoms with E-state index in [-0.39, 0.29) is 6.04 Å². The molecule has 0 radical (unpaired) electrons. The molecule has 1 atom stereocenters. The molecule has 0 aromatic carbocycles.